The monoisotopic (exact) mass is 181 g/mol. The van der Waals surface area contributed by atoms with E-state index in [9.17, 15) is 4.79 Å². The fourth-order valence-electron chi connectivity index (χ4n) is 0.873. The number of hydrogen-bond donors (Lipinski definition) is 1. The maximum atomic E-state index is 10.8. The zero-order chi connectivity index (χ0) is 9.14. The first-order chi connectivity index (χ1) is 5.61. The Labute approximate surface area is 77.4 Å². The van der Waals surface area contributed by atoms with Gasteiger partial charge in [0.15, 0.2) is 0 Å². The van der Waals surface area contributed by atoms with Crippen LogP contribution in [0.3, 0.4) is 0 Å². The Hall–Kier alpha value is -0.830. The van der Waals surface area contributed by atoms with Gasteiger partial charge >= 0.3 is 0 Å². The molecule has 0 N–H and O–H groups in total. The van der Waals surface area contributed by atoms with Gasteiger partial charge in [0.2, 0.25) is 5.12 Å². The van der Waals surface area contributed by atoms with E-state index in [0.717, 1.165) is 5.69 Å². The molecule has 0 aromatic carbocycles. The SMILES string of the molecule is CC(C)c1ccc(C(=O)S)cn1. The van der Waals surface area contributed by atoms with E-state index < -0.39 is 0 Å². The molecule has 12 heavy (non-hydrogen) atoms. The molecular weight excluding hydrogens is 170 g/mol. The van der Waals surface area contributed by atoms with Crippen LogP contribution in [0.15, 0.2) is 18.3 Å². The van der Waals surface area contributed by atoms with Crippen LogP contribution in [0, 0.1) is 0 Å². The number of nitrogens with zero attached hydrogens (tertiary/aromatic N) is 1. The van der Waals surface area contributed by atoms with Crippen molar-refractivity contribution in [2.45, 2.75) is 19.8 Å². The summed E-state index contributed by atoms with van der Waals surface area (Å²) in [5.41, 5.74) is 1.54. The molecule has 1 rings (SSSR count). The fraction of sp³-hybridized carbons (Fsp3) is 0.333. The number of rotatable bonds is 2. The van der Waals surface area contributed by atoms with E-state index in [-0.39, 0.29) is 5.12 Å². The molecule has 0 unspecified atom stereocenters. The summed E-state index contributed by atoms with van der Waals surface area (Å²) >= 11 is 3.69. The van der Waals surface area contributed by atoms with Crippen LogP contribution in [0.2, 0.25) is 0 Å². The summed E-state index contributed by atoms with van der Waals surface area (Å²) in [7, 11) is 0. The van der Waals surface area contributed by atoms with Gasteiger partial charge in [-0.2, -0.15) is 0 Å². The van der Waals surface area contributed by atoms with Gasteiger partial charge in [-0.15, -0.1) is 12.6 Å². The predicted molar refractivity (Wildman–Crippen MR) is 51.6 cm³/mol. The second-order valence-electron chi connectivity index (χ2n) is 2.93. The molecule has 0 spiro atoms. The van der Waals surface area contributed by atoms with Gasteiger partial charge in [0.05, 0.1) is 0 Å². The van der Waals surface area contributed by atoms with Crippen molar-refractivity contribution in [2.75, 3.05) is 0 Å². The third kappa shape index (κ3) is 2.08. The third-order valence-corrected chi connectivity index (χ3v) is 1.88. The van der Waals surface area contributed by atoms with E-state index in [0.29, 0.717) is 11.5 Å². The van der Waals surface area contributed by atoms with Gasteiger partial charge in [0.25, 0.3) is 0 Å². The lowest BCUT2D eigenvalue weighted by molar-refractivity contribution is 0.109. The molecule has 0 amide bonds. The summed E-state index contributed by atoms with van der Waals surface area (Å²) < 4.78 is 0. The predicted octanol–water partition coefficient (Wildman–Crippen LogP) is 2.28. The van der Waals surface area contributed by atoms with Crippen LogP contribution in [-0.2, 0) is 0 Å². The Bertz CT molecular complexity index is 279. The zero-order valence-corrected chi connectivity index (χ0v) is 8.01. The van der Waals surface area contributed by atoms with Gasteiger partial charge in [-0.05, 0) is 18.1 Å². The number of pyridine rings is 1. The average Bonchev–Trinajstić information content (AvgIpc) is 2.04. The van der Waals surface area contributed by atoms with E-state index in [4.69, 9.17) is 0 Å². The van der Waals surface area contributed by atoms with Crippen molar-refractivity contribution in [2.24, 2.45) is 0 Å². The molecule has 3 heteroatoms. The molecule has 0 saturated carbocycles. The summed E-state index contributed by atoms with van der Waals surface area (Å²) in [5, 5.41) is -0.238. The molecule has 1 heterocycles. The molecule has 0 aliphatic carbocycles. The largest absolute Gasteiger partial charge is 0.282 e. The van der Waals surface area contributed by atoms with Gasteiger partial charge in [0.1, 0.15) is 0 Å². The highest BCUT2D eigenvalue weighted by Gasteiger charge is 2.02. The molecule has 0 aliphatic heterocycles. The van der Waals surface area contributed by atoms with Crippen molar-refractivity contribution >= 4 is 17.7 Å². The van der Waals surface area contributed by atoms with Gasteiger partial charge in [-0.1, -0.05) is 13.8 Å². The van der Waals surface area contributed by atoms with Crippen molar-refractivity contribution in [3.05, 3.63) is 29.6 Å². The summed E-state index contributed by atoms with van der Waals surface area (Å²) in [4.78, 5) is 14.9. The smallest absolute Gasteiger partial charge is 0.217 e. The zero-order valence-electron chi connectivity index (χ0n) is 7.11. The molecule has 0 aliphatic rings. The van der Waals surface area contributed by atoms with Crippen molar-refractivity contribution in [1.82, 2.24) is 4.98 Å². The van der Waals surface area contributed by atoms with Crippen LogP contribution in [0.1, 0.15) is 35.8 Å². The normalized spacial score (nSPS) is 10.3. The second kappa shape index (κ2) is 3.72. The van der Waals surface area contributed by atoms with Crippen LogP contribution in [0.4, 0.5) is 0 Å². The number of carbonyl (C=O) groups is 1. The van der Waals surface area contributed by atoms with Crippen LogP contribution in [-0.4, -0.2) is 10.1 Å². The van der Waals surface area contributed by atoms with Gasteiger partial charge in [-0.25, -0.2) is 0 Å². The first-order valence-corrected chi connectivity index (χ1v) is 4.25. The topological polar surface area (TPSA) is 30.0 Å². The Morgan fingerprint density at radius 1 is 1.50 bits per heavy atom. The summed E-state index contributed by atoms with van der Waals surface area (Å²) in [6.45, 7) is 4.12. The minimum atomic E-state index is -0.238. The van der Waals surface area contributed by atoms with E-state index in [2.05, 4.69) is 31.5 Å². The van der Waals surface area contributed by atoms with Gasteiger partial charge in [-0.3, -0.25) is 9.78 Å². The summed E-state index contributed by atoms with van der Waals surface area (Å²) in [5.74, 6) is 0.397. The van der Waals surface area contributed by atoms with Crippen molar-refractivity contribution in [3.8, 4) is 0 Å². The second-order valence-corrected chi connectivity index (χ2v) is 3.34. The van der Waals surface area contributed by atoms with Crippen molar-refractivity contribution < 1.29 is 4.79 Å². The average molecular weight is 181 g/mol. The molecule has 1 aromatic rings. The quantitative estimate of drug-likeness (QED) is 0.709. The lowest BCUT2D eigenvalue weighted by atomic mass is 10.1. The van der Waals surface area contributed by atoms with E-state index in [1.165, 1.54) is 0 Å². The Balaban J connectivity index is 2.93. The van der Waals surface area contributed by atoms with Crippen molar-refractivity contribution in [3.63, 3.8) is 0 Å². The Morgan fingerprint density at radius 2 is 2.17 bits per heavy atom. The van der Waals surface area contributed by atoms with Gasteiger partial charge < -0.3 is 0 Å². The van der Waals surface area contributed by atoms with Crippen LogP contribution < -0.4 is 0 Å². The molecule has 0 atom stereocenters. The highest BCUT2D eigenvalue weighted by atomic mass is 32.1. The molecule has 1 aromatic heterocycles. The summed E-state index contributed by atoms with van der Waals surface area (Å²) in [6, 6.07) is 3.60. The van der Waals surface area contributed by atoms with Crippen LogP contribution >= 0.6 is 12.6 Å². The molecule has 64 valence electrons. The van der Waals surface area contributed by atoms with E-state index in [1.807, 2.05) is 6.07 Å². The number of carbonyl (C=O) groups excluding carboxylic acids is 1. The Morgan fingerprint density at radius 3 is 2.50 bits per heavy atom. The Kier molecular flexibility index (Phi) is 2.87. The standard InChI is InChI=1S/C9H11NOS/c1-6(2)8-4-3-7(5-10-8)9(11)12/h3-6H,1-2H3,(H,11,12). The highest BCUT2D eigenvalue weighted by molar-refractivity contribution is 7.97. The molecule has 0 radical (unpaired) electrons. The minimum Gasteiger partial charge on any atom is -0.282 e. The first kappa shape index (κ1) is 9.26. The number of aromatic nitrogens is 1. The highest BCUT2D eigenvalue weighted by Crippen LogP contribution is 2.11. The molecular formula is C9H11NOS. The first-order valence-electron chi connectivity index (χ1n) is 3.80. The molecule has 0 saturated heterocycles. The van der Waals surface area contributed by atoms with Crippen molar-refractivity contribution in [1.29, 1.82) is 0 Å². The van der Waals surface area contributed by atoms with E-state index >= 15 is 0 Å². The van der Waals surface area contributed by atoms with Crippen LogP contribution in [0.25, 0.3) is 0 Å². The van der Waals surface area contributed by atoms with E-state index in [1.54, 1.807) is 12.3 Å². The third-order valence-electron chi connectivity index (χ3n) is 1.62. The molecule has 2 nitrogen and oxygen atoms in total. The lowest BCUT2D eigenvalue weighted by Gasteiger charge is -2.03. The molecule has 0 fully saturated rings. The maximum absolute atomic E-state index is 10.8. The number of thiol groups is 1. The number of hydrogen-bond acceptors (Lipinski definition) is 2. The van der Waals surface area contributed by atoms with Crippen LogP contribution in [0.5, 0.6) is 0 Å². The maximum Gasteiger partial charge on any atom is 0.217 e. The summed E-state index contributed by atoms with van der Waals surface area (Å²) in [6.07, 6.45) is 1.56. The minimum absolute atomic E-state index is 0.238. The van der Waals surface area contributed by atoms with Gasteiger partial charge in [0, 0.05) is 17.5 Å². The molecule has 0 bridgehead atoms. The lowest BCUT2D eigenvalue weighted by Crippen LogP contribution is -1.95. The fourth-order valence-corrected chi connectivity index (χ4v) is 1.01.